The fraction of sp³-hybridized carbons (Fsp3) is 0.0714. The number of ether oxygens (including phenoxy) is 1. The van der Waals surface area contributed by atoms with Crippen molar-refractivity contribution in [3.05, 3.63) is 47.2 Å². The van der Waals surface area contributed by atoms with E-state index in [1.807, 2.05) is 12.1 Å². The quantitative estimate of drug-likeness (QED) is 0.767. The Morgan fingerprint density at radius 1 is 1.26 bits per heavy atom. The Bertz CT molecular complexity index is 754. The van der Waals surface area contributed by atoms with Gasteiger partial charge in [0, 0.05) is 6.07 Å². The lowest BCUT2D eigenvalue weighted by molar-refractivity contribution is 0.415. The summed E-state index contributed by atoms with van der Waals surface area (Å²) in [5.74, 6) is 0.688. The summed E-state index contributed by atoms with van der Waals surface area (Å²) in [6.07, 6.45) is 0. The van der Waals surface area contributed by atoms with Gasteiger partial charge in [0.2, 0.25) is 0 Å². The molecule has 0 fully saturated rings. The van der Waals surface area contributed by atoms with E-state index < -0.39 is 5.82 Å². The molecule has 19 heavy (non-hydrogen) atoms. The predicted octanol–water partition coefficient (Wildman–Crippen LogP) is 4.03. The maximum absolute atomic E-state index is 13.9. The van der Waals surface area contributed by atoms with E-state index >= 15 is 0 Å². The number of benzene rings is 2. The molecule has 0 saturated heterocycles. The highest BCUT2D eigenvalue weighted by Crippen LogP contribution is 2.28. The normalized spacial score (nSPS) is 10.9. The number of nitrogens with zero attached hydrogens (tertiary/aromatic N) is 1. The number of hydrogen-bond donors (Lipinski definition) is 1. The van der Waals surface area contributed by atoms with E-state index in [1.165, 1.54) is 6.07 Å². The Balaban J connectivity index is 2.18. The van der Waals surface area contributed by atoms with Crippen LogP contribution in [-0.2, 0) is 0 Å². The average molecular weight is 277 g/mol. The van der Waals surface area contributed by atoms with E-state index in [4.69, 9.17) is 16.3 Å². The van der Waals surface area contributed by atoms with Crippen molar-refractivity contribution in [2.24, 2.45) is 0 Å². The van der Waals surface area contributed by atoms with Crippen LogP contribution >= 0.6 is 11.6 Å². The maximum Gasteiger partial charge on any atom is 0.152 e. The minimum atomic E-state index is -0.477. The Kier molecular flexibility index (Phi) is 2.87. The molecule has 1 aromatic heterocycles. The zero-order chi connectivity index (χ0) is 13.4. The summed E-state index contributed by atoms with van der Waals surface area (Å²) in [7, 11) is 1.59. The van der Waals surface area contributed by atoms with Crippen LogP contribution in [0.3, 0.4) is 0 Å². The standard InChI is InChI=1S/C14H10ClFN2O/c1-19-8-5-6-11-12(7-8)18-14(17-11)9-3-2-4-10(15)13(9)16/h2-7H,1H3,(H,17,18). The summed E-state index contributed by atoms with van der Waals surface area (Å²) >= 11 is 5.77. The average Bonchev–Trinajstić information content (AvgIpc) is 2.84. The van der Waals surface area contributed by atoms with Crippen LogP contribution in [0.2, 0.25) is 5.02 Å². The second kappa shape index (κ2) is 4.55. The lowest BCUT2D eigenvalue weighted by atomic mass is 10.2. The molecule has 0 aliphatic carbocycles. The van der Waals surface area contributed by atoms with E-state index in [2.05, 4.69) is 9.97 Å². The molecule has 0 aliphatic heterocycles. The van der Waals surface area contributed by atoms with Gasteiger partial charge in [0.1, 0.15) is 11.6 Å². The zero-order valence-corrected chi connectivity index (χ0v) is 10.8. The van der Waals surface area contributed by atoms with Gasteiger partial charge in [0.05, 0.1) is 28.7 Å². The van der Waals surface area contributed by atoms with Gasteiger partial charge in [0.25, 0.3) is 0 Å². The van der Waals surface area contributed by atoms with E-state index in [9.17, 15) is 4.39 Å². The van der Waals surface area contributed by atoms with Crippen LogP contribution in [0.4, 0.5) is 4.39 Å². The third kappa shape index (κ3) is 2.04. The molecule has 0 amide bonds. The Labute approximate surface area is 114 Å². The molecule has 0 aliphatic rings. The molecule has 5 heteroatoms. The topological polar surface area (TPSA) is 37.9 Å². The Hall–Kier alpha value is -2.07. The molecule has 0 radical (unpaired) electrons. The first-order valence-electron chi connectivity index (χ1n) is 5.67. The highest BCUT2D eigenvalue weighted by molar-refractivity contribution is 6.31. The molecule has 0 unspecified atom stereocenters. The minimum Gasteiger partial charge on any atom is -0.497 e. The number of imidazole rings is 1. The fourth-order valence-corrected chi connectivity index (χ4v) is 2.10. The molecule has 1 N–H and O–H groups in total. The largest absolute Gasteiger partial charge is 0.497 e. The van der Waals surface area contributed by atoms with E-state index in [-0.39, 0.29) is 5.02 Å². The van der Waals surface area contributed by atoms with Gasteiger partial charge < -0.3 is 9.72 Å². The number of methoxy groups -OCH3 is 1. The Morgan fingerprint density at radius 2 is 2.11 bits per heavy atom. The monoisotopic (exact) mass is 276 g/mol. The molecule has 0 bridgehead atoms. The van der Waals surface area contributed by atoms with Crippen molar-refractivity contribution >= 4 is 22.6 Å². The van der Waals surface area contributed by atoms with Crippen molar-refractivity contribution in [2.45, 2.75) is 0 Å². The SMILES string of the molecule is COc1ccc2nc(-c3cccc(Cl)c3F)[nH]c2c1. The van der Waals surface area contributed by atoms with Gasteiger partial charge >= 0.3 is 0 Å². The van der Waals surface area contributed by atoms with Crippen LogP contribution in [-0.4, -0.2) is 17.1 Å². The highest BCUT2D eigenvalue weighted by atomic mass is 35.5. The third-order valence-corrected chi connectivity index (χ3v) is 3.19. The van der Waals surface area contributed by atoms with Crippen molar-refractivity contribution in [1.82, 2.24) is 9.97 Å². The van der Waals surface area contributed by atoms with Gasteiger partial charge in [-0.2, -0.15) is 0 Å². The highest BCUT2D eigenvalue weighted by Gasteiger charge is 2.12. The van der Waals surface area contributed by atoms with Crippen LogP contribution < -0.4 is 4.74 Å². The van der Waals surface area contributed by atoms with Gasteiger partial charge in [-0.15, -0.1) is 0 Å². The molecule has 0 spiro atoms. The molecular formula is C14H10ClFN2O. The van der Waals surface area contributed by atoms with E-state index in [0.717, 1.165) is 11.0 Å². The number of fused-ring (bicyclic) bond motifs is 1. The molecular weight excluding hydrogens is 267 g/mol. The van der Waals surface area contributed by atoms with Crippen LogP contribution in [0.5, 0.6) is 5.75 Å². The Morgan fingerprint density at radius 3 is 2.89 bits per heavy atom. The molecule has 3 nitrogen and oxygen atoms in total. The van der Waals surface area contributed by atoms with Crippen LogP contribution in [0, 0.1) is 5.82 Å². The number of nitrogens with one attached hydrogen (secondary N) is 1. The number of hydrogen-bond acceptors (Lipinski definition) is 2. The first-order chi connectivity index (χ1) is 9.19. The molecule has 2 aromatic carbocycles. The summed E-state index contributed by atoms with van der Waals surface area (Å²) < 4.78 is 19.1. The first kappa shape index (κ1) is 12.0. The second-order valence-electron chi connectivity index (χ2n) is 4.07. The molecule has 1 heterocycles. The summed E-state index contributed by atoms with van der Waals surface area (Å²) in [4.78, 5) is 7.42. The van der Waals surface area contributed by atoms with Gasteiger partial charge in [-0.25, -0.2) is 9.37 Å². The van der Waals surface area contributed by atoms with Crippen LogP contribution in [0.25, 0.3) is 22.4 Å². The van der Waals surface area contributed by atoms with Gasteiger partial charge in [0.15, 0.2) is 5.82 Å². The zero-order valence-electron chi connectivity index (χ0n) is 10.1. The van der Waals surface area contributed by atoms with Crippen molar-refractivity contribution in [3.63, 3.8) is 0 Å². The van der Waals surface area contributed by atoms with Crippen LogP contribution in [0.15, 0.2) is 36.4 Å². The smallest absolute Gasteiger partial charge is 0.152 e. The lowest BCUT2D eigenvalue weighted by Gasteiger charge is -2.00. The fourth-order valence-electron chi connectivity index (χ4n) is 1.93. The predicted molar refractivity (Wildman–Crippen MR) is 73.0 cm³/mol. The molecule has 0 saturated carbocycles. The van der Waals surface area contributed by atoms with Crippen molar-refractivity contribution in [1.29, 1.82) is 0 Å². The van der Waals surface area contributed by atoms with Crippen LogP contribution in [0.1, 0.15) is 0 Å². The van der Waals surface area contributed by atoms with Crippen molar-refractivity contribution in [2.75, 3.05) is 7.11 Å². The summed E-state index contributed by atoms with van der Waals surface area (Å²) in [6, 6.07) is 10.3. The van der Waals surface area contributed by atoms with Crippen molar-refractivity contribution in [3.8, 4) is 17.1 Å². The number of aromatic nitrogens is 2. The summed E-state index contributed by atoms with van der Waals surface area (Å²) in [5, 5.41) is 0.0792. The third-order valence-electron chi connectivity index (χ3n) is 2.90. The van der Waals surface area contributed by atoms with E-state index in [1.54, 1.807) is 25.3 Å². The minimum absolute atomic E-state index is 0.0792. The lowest BCUT2D eigenvalue weighted by Crippen LogP contribution is -1.87. The molecule has 3 rings (SSSR count). The number of halogens is 2. The van der Waals surface area contributed by atoms with Gasteiger partial charge in [-0.1, -0.05) is 17.7 Å². The van der Waals surface area contributed by atoms with E-state index in [0.29, 0.717) is 17.1 Å². The van der Waals surface area contributed by atoms with Gasteiger partial charge in [-0.3, -0.25) is 0 Å². The van der Waals surface area contributed by atoms with Crippen molar-refractivity contribution < 1.29 is 9.13 Å². The number of H-pyrrole nitrogens is 1. The second-order valence-corrected chi connectivity index (χ2v) is 4.48. The number of aromatic amines is 1. The summed E-state index contributed by atoms with van der Waals surface area (Å²) in [5.41, 5.74) is 1.88. The molecule has 3 aromatic rings. The summed E-state index contributed by atoms with van der Waals surface area (Å²) in [6.45, 7) is 0. The first-order valence-corrected chi connectivity index (χ1v) is 6.05. The number of rotatable bonds is 2. The van der Waals surface area contributed by atoms with Gasteiger partial charge in [-0.05, 0) is 24.3 Å². The molecule has 0 atom stereocenters. The maximum atomic E-state index is 13.9. The molecule has 96 valence electrons.